The number of ether oxygens (including phenoxy) is 1. The number of hydrogen-bond acceptors (Lipinski definition) is 2. The Balaban J connectivity index is 2.58. The molecule has 1 heterocycles. The summed E-state index contributed by atoms with van der Waals surface area (Å²) in [5, 5.41) is 9.98. The molecule has 4 heteroatoms. The molecule has 0 fully saturated rings. The molecule has 0 aliphatic carbocycles. The Bertz CT molecular complexity index is 638. The summed E-state index contributed by atoms with van der Waals surface area (Å²) in [6.07, 6.45) is 3.12. The predicted molar refractivity (Wildman–Crippen MR) is 75.3 cm³/mol. The number of carboxylic acid groups (broad SMARTS) is 1. The second-order valence-corrected chi connectivity index (χ2v) is 4.71. The molecule has 0 aliphatic heterocycles. The molecule has 0 radical (unpaired) electrons. The summed E-state index contributed by atoms with van der Waals surface area (Å²) < 4.78 is 5.18. The summed E-state index contributed by atoms with van der Waals surface area (Å²) in [5.74, 6) is -0.0158. The summed E-state index contributed by atoms with van der Waals surface area (Å²) in [6.45, 7) is 3.97. The minimum atomic E-state index is -0.924. The van der Waals surface area contributed by atoms with E-state index in [1.54, 1.807) is 7.11 Å². The van der Waals surface area contributed by atoms with Crippen LogP contribution in [0.4, 0.5) is 0 Å². The molecular weight excluding hydrogens is 242 g/mol. The van der Waals surface area contributed by atoms with E-state index >= 15 is 0 Å². The average Bonchev–Trinajstić information content (AvgIpc) is 2.77. The number of aromatic nitrogens is 1. The highest BCUT2D eigenvalue weighted by Crippen LogP contribution is 2.31. The molecule has 1 aromatic carbocycles. The number of hydrogen-bond donors (Lipinski definition) is 2. The second-order valence-electron chi connectivity index (χ2n) is 4.71. The zero-order valence-corrected chi connectivity index (χ0v) is 11.2. The molecule has 0 unspecified atom stereocenters. The lowest BCUT2D eigenvalue weighted by atomic mass is 9.94. The van der Waals surface area contributed by atoms with Crippen molar-refractivity contribution in [3.05, 3.63) is 36.0 Å². The molecule has 1 aromatic heterocycles. The maximum Gasteiger partial charge on any atom is 0.328 e. The van der Waals surface area contributed by atoms with Crippen LogP contribution in [0.15, 0.2) is 30.5 Å². The van der Waals surface area contributed by atoms with Crippen molar-refractivity contribution < 1.29 is 14.6 Å². The number of H-pyrrole nitrogens is 1. The fourth-order valence-electron chi connectivity index (χ4n) is 2.16. The molecule has 2 N–H and O–H groups in total. The van der Waals surface area contributed by atoms with E-state index in [0.29, 0.717) is 0 Å². The van der Waals surface area contributed by atoms with Gasteiger partial charge >= 0.3 is 5.97 Å². The van der Waals surface area contributed by atoms with Gasteiger partial charge in [0.25, 0.3) is 0 Å². The lowest BCUT2D eigenvalue weighted by Gasteiger charge is -2.09. The van der Waals surface area contributed by atoms with Crippen molar-refractivity contribution in [2.75, 3.05) is 7.11 Å². The van der Waals surface area contributed by atoms with Crippen LogP contribution in [0.1, 0.15) is 19.4 Å². The number of nitrogens with one attached hydrogen (secondary N) is 1. The number of fused-ring (bicyclic) bond motifs is 1. The first-order valence-electron chi connectivity index (χ1n) is 6.13. The van der Waals surface area contributed by atoms with Gasteiger partial charge in [-0.3, -0.25) is 0 Å². The molecule has 0 saturated heterocycles. The second kappa shape index (κ2) is 5.18. The number of aliphatic carboxylic acids is 1. The lowest BCUT2D eigenvalue weighted by Crippen LogP contribution is -1.98. The van der Waals surface area contributed by atoms with Crippen molar-refractivity contribution in [3.8, 4) is 5.75 Å². The standard InChI is InChI=1S/C15H17NO3/c1-9(2)12(7-15(17)18)13-8-16-14-6-10(19-3)4-5-11(13)14/h4-9,16H,1-3H3,(H,17,18)/b12-7+. The van der Waals surface area contributed by atoms with Crippen LogP contribution in [-0.2, 0) is 4.79 Å². The van der Waals surface area contributed by atoms with Crippen LogP contribution in [0.3, 0.4) is 0 Å². The molecule has 19 heavy (non-hydrogen) atoms. The third-order valence-electron chi connectivity index (χ3n) is 3.10. The Morgan fingerprint density at radius 2 is 2.16 bits per heavy atom. The monoisotopic (exact) mass is 259 g/mol. The highest BCUT2D eigenvalue weighted by Gasteiger charge is 2.13. The fraction of sp³-hybridized carbons (Fsp3) is 0.267. The smallest absolute Gasteiger partial charge is 0.328 e. The van der Waals surface area contributed by atoms with Gasteiger partial charge in [0.2, 0.25) is 0 Å². The van der Waals surface area contributed by atoms with Gasteiger partial charge in [0.05, 0.1) is 7.11 Å². The van der Waals surface area contributed by atoms with E-state index in [1.165, 1.54) is 6.08 Å². The molecule has 0 bridgehead atoms. The predicted octanol–water partition coefficient (Wildman–Crippen LogP) is 3.30. The van der Waals surface area contributed by atoms with Gasteiger partial charge in [0.1, 0.15) is 5.75 Å². The van der Waals surface area contributed by atoms with Gasteiger partial charge in [-0.1, -0.05) is 13.8 Å². The molecular formula is C15H17NO3. The average molecular weight is 259 g/mol. The first kappa shape index (κ1) is 13.2. The quantitative estimate of drug-likeness (QED) is 0.828. The van der Waals surface area contributed by atoms with E-state index in [2.05, 4.69) is 4.98 Å². The third kappa shape index (κ3) is 2.62. The third-order valence-corrected chi connectivity index (χ3v) is 3.10. The van der Waals surface area contributed by atoms with Gasteiger partial charge in [-0.15, -0.1) is 0 Å². The number of benzene rings is 1. The van der Waals surface area contributed by atoms with Crippen LogP contribution in [-0.4, -0.2) is 23.2 Å². The topological polar surface area (TPSA) is 62.3 Å². The van der Waals surface area contributed by atoms with E-state index in [-0.39, 0.29) is 5.92 Å². The first-order valence-corrected chi connectivity index (χ1v) is 6.13. The van der Waals surface area contributed by atoms with Crippen molar-refractivity contribution in [3.63, 3.8) is 0 Å². The normalized spacial score (nSPS) is 12.1. The molecule has 0 amide bonds. The maximum absolute atomic E-state index is 10.9. The van der Waals surface area contributed by atoms with Gasteiger partial charge in [-0.05, 0) is 23.6 Å². The van der Waals surface area contributed by atoms with Gasteiger partial charge in [0, 0.05) is 34.8 Å². The van der Waals surface area contributed by atoms with Crippen LogP contribution >= 0.6 is 0 Å². The minimum Gasteiger partial charge on any atom is -0.497 e. The largest absolute Gasteiger partial charge is 0.497 e. The lowest BCUT2D eigenvalue weighted by molar-refractivity contribution is -0.131. The first-order chi connectivity index (χ1) is 9.02. The van der Waals surface area contributed by atoms with Crippen LogP contribution < -0.4 is 4.74 Å². The number of allylic oxidation sites excluding steroid dienone is 1. The van der Waals surface area contributed by atoms with E-state index in [9.17, 15) is 4.79 Å². The highest BCUT2D eigenvalue weighted by molar-refractivity contribution is 5.98. The van der Waals surface area contributed by atoms with Crippen LogP contribution in [0.5, 0.6) is 5.75 Å². The van der Waals surface area contributed by atoms with E-state index in [0.717, 1.165) is 27.8 Å². The molecule has 0 saturated carbocycles. The van der Waals surface area contributed by atoms with Gasteiger partial charge in [-0.2, -0.15) is 0 Å². The molecule has 0 atom stereocenters. The zero-order chi connectivity index (χ0) is 14.0. The van der Waals surface area contributed by atoms with Crippen LogP contribution in [0.25, 0.3) is 16.5 Å². The number of carboxylic acids is 1. The summed E-state index contributed by atoms with van der Waals surface area (Å²) in [4.78, 5) is 14.1. The highest BCUT2D eigenvalue weighted by atomic mass is 16.5. The maximum atomic E-state index is 10.9. The number of methoxy groups -OCH3 is 1. The molecule has 2 rings (SSSR count). The molecule has 0 spiro atoms. The van der Waals surface area contributed by atoms with E-state index in [4.69, 9.17) is 9.84 Å². The summed E-state index contributed by atoms with van der Waals surface area (Å²) in [5.41, 5.74) is 2.67. The van der Waals surface area contributed by atoms with Crippen molar-refractivity contribution in [1.29, 1.82) is 0 Å². The minimum absolute atomic E-state index is 0.136. The molecule has 0 aliphatic rings. The van der Waals surface area contributed by atoms with Crippen molar-refractivity contribution in [2.45, 2.75) is 13.8 Å². The van der Waals surface area contributed by atoms with Crippen molar-refractivity contribution in [2.24, 2.45) is 5.92 Å². The van der Waals surface area contributed by atoms with Crippen LogP contribution in [0, 0.1) is 5.92 Å². The SMILES string of the molecule is COc1ccc2c(/C(=C/C(=O)O)C(C)C)c[nH]c2c1. The molecule has 2 aromatic rings. The van der Waals surface area contributed by atoms with Gasteiger partial charge in [0.15, 0.2) is 0 Å². The van der Waals surface area contributed by atoms with Crippen molar-refractivity contribution in [1.82, 2.24) is 4.98 Å². The van der Waals surface area contributed by atoms with E-state index in [1.807, 2.05) is 38.2 Å². The summed E-state index contributed by atoms with van der Waals surface area (Å²) >= 11 is 0. The Hall–Kier alpha value is -2.23. The van der Waals surface area contributed by atoms with Crippen LogP contribution in [0.2, 0.25) is 0 Å². The van der Waals surface area contributed by atoms with Gasteiger partial charge < -0.3 is 14.8 Å². The summed E-state index contributed by atoms with van der Waals surface area (Å²) in [7, 11) is 1.62. The molecule has 100 valence electrons. The number of rotatable bonds is 4. The van der Waals surface area contributed by atoms with E-state index < -0.39 is 5.97 Å². The Labute approximate surface area is 111 Å². The Morgan fingerprint density at radius 3 is 2.74 bits per heavy atom. The van der Waals surface area contributed by atoms with Gasteiger partial charge in [-0.25, -0.2) is 4.79 Å². The summed E-state index contributed by atoms with van der Waals surface area (Å²) in [6, 6.07) is 5.72. The Morgan fingerprint density at radius 1 is 1.42 bits per heavy atom. The Kier molecular flexibility index (Phi) is 3.60. The number of aromatic amines is 1. The number of carbonyl (C=O) groups is 1. The molecule has 4 nitrogen and oxygen atoms in total. The zero-order valence-electron chi connectivity index (χ0n) is 11.2. The van der Waals surface area contributed by atoms with Crippen molar-refractivity contribution >= 4 is 22.4 Å². The fourth-order valence-corrected chi connectivity index (χ4v) is 2.16.